The highest BCUT2D eigenvalue weighted by atomic mass is 35.5. The molecular weight excluding hydrogens is 266 g/mol. The van der Waals surface area contributed by atoms with E-state index in [0.29, 0.717) is 12.0 Å². The summed E-state index contributed by atoms with van der Waals surface area (Å²) in [4.78, 5) is 0. The van der Waals surface area contributed by atoms with E-state index in [2.05, 4.69) is 14.8 Å². The van der Waals surface area contributed by atoms with Gasteiger partial charge in [0.2, 0.25) is 0 Å². The molecular formula is C13H20ClN3S. The van der Waals surface area contributed by atoms with E-state index in [1.807, 2.05) is 11.8 Å². The van der Waals surface area contributed by atoms with Gasteiger partial charge in [-0.3, -0.25) is 0 Å². The molecule has 0 aliphatic heterocycles. The van der Waals surface area contributed by atoms with E-state index in [9.17, 15) is 0 Å². The minimum atomic E-state index is 0.709. The van der Waals surface area contributed by atoms with Gasteiger partial charge in [0, 0.05) is 23.6 Å². The minimum absolute atomic E-state index is 0.709. The number of unbranched alkanes of at least 4 members (excludes halogenated alkanes) is 2. The molecule has 18 heavy (non-hydrogen) atoms. The summed E-state index contributed by atoms with van der Waals surface area (Å²) in [5, 5.41) is 9.99. The molecule has 3 nitrogen and oxygen atoms in total. The summed E-state index contributed by atoms with van der Waals surface area (Å²) in [6.45, 7) is 0. The number of hydrogen-bond acceptors (Lipinski definition) is 3. The standard InChI is InChI=1S/C13H20ClN3S/c14-8-2-1-3-9-18-13-16-15-12(10-4-5-10)17(13)11-6-7-11/h10-11H,1-9H2. The van der Waals surface area contributed by atoms with E-state index in [1.165, 1.54) is 44.3 Å². The third-order valence-electron chi connectivity index (χ3n) is 3.55. The molecule has 1 aromatic heterocycles. The molecule has 0 bridgehead atoms. The second-order valence-electron chi connectivity index (χ2n) is 5.31. The van der Waals surface area contributed by atoms with Crippen molar-refractivity contribution in [3.63, 3.8) is 0 Å². The Labute approximate surface area is 118 Å². The maximum Gasteiger partial charge on any atom is 0.191 e. The van der Waals surface area contributed by atoms with Gasteiger partial charge in [-0.1, -0.05) is 18.2 Å². The number of thioether (sulfide) groups is 1. The Kier molecular flexibility index (Phi) is 4.14. The number of aromatic nitrogens is 3. The van der Waals surface area contributed by atoms with Crippen molar-refractivity contribution < 1.29 is 0 Å². The Hall–Kier alpha value is -0.220. The Morgan fingerprint density at radius 1 is 1.11 bits per heavy atom. The van der Waals surface area contributed by atoms with Crippen LogP contribution in [0.5, 0.6) is 0 Å². The first-order valence-electron chi connectivity index (χ1n) is 7.03. The van der Waals surface area contributed by atoms with Crippen molar-refractivity contribution in [1.82, 2.24) is 14.8 Å². The number of halogens is 1. The van der Waals surface area contributed by atoms with Crippen molar-refractivity contribution in [2.45, 2.75) is 62.1 Å². The highest BCUT2D eigenvalue weighted by molar-refractivity contribution is 7.99. The lowest BCUT2D eigenvalue weighted by atomic mass is 10.3. The Morgan fingerprint density at radius 2 is 1.94 bits per heavy atom. The lowest BCUT2D eigenvalue weighted by Gasteiger charge is -2.07. The van der Waals surface area contributed by atoms with Crippen molar-refractivity contribution in [2.24, 2.45) is 0 Å². The van der Waals surface area contributed by atoms with Crippen molar-refractivity contribution >= 4 is 23.4 Å². The van der Waals surface area contributed by atoms with Crippen LogP contribution in [-0.2, 0) is 0 Å². The van der Waals surface area contributed by atoms with Gasteiger partial charge >= 0.3 is 0 Å². The third-order valence-corrected chi connectivity index (χ3v) is 4.85. The quantitative estimate of drug-likeness (QED) is 0.411. The van der Waals surface area contributed by atoms with Gasteiger partial charge in [-0.2, -0.15) is 0 Å². The molecule has 1 heterocycles. The van der Waals surface area contributed by atoms with Gasteiger partial charge in [-0.25, -0.2) is 0 Å². The largest absolute Gasteiger partial charge is 0.303 e. The van der Waals surface area contributed by atoms with Crippen LogP contribution in [0.4, 0.5) is 0 Å². The first kappa shape index (κ1) is 12.8. The summed E-state index contributed by atoms with van der Waals surface area (Å²) < 4.78 is 2.43. The molecule has 0 spiro atoms. The molecule has 3 rings (SSSR count). The normalized spacial score (nSPS) is 19.4. The molecule has 0 radical (unpaired) electrons. The first-order chi connectivity index (χ1) is 8.90. The zero-order valence-electron chi connectivity index (χ0n) is 10.6. The van der Waals surface area contributed by atoms with E-state index in [0.717, 1.165) is 23.2 Å². The molecule has 5 heteroatoms. The molecule has 2 aliphatic carbocycles. The topological polar surface area (TPSA) is 30.7 Å². The average Bonchev–Trinajstić information content (AvgIpc) is 3.28. The van der Waals surface area contributed by atoms with Crippen LogP contribution in [0.3, 0.4) is 0 Å². The fraction of sp³-hybridized carbons (Fsp3) is 0.846. The molecule has 0 aromatic carbocycles. The average molecular weight is 286 g/mol. The predicted octanol–water partition coefficient (Wildman–Crippen LogP) is 3.99. The van der Waals surface area contributed by atoms with Gasteiger partial charge < -0.3 is 4.57 Å². The fourth-order valence-electron chi connectivity index (χ4n) is 2.22. The van der Waals surface area contributed by atoms with Gasteiger partial charge in [0.25, 0.3) is 0 Å². The fourth-order valence-corrected chi connectivity index (χ4v) is 3.42. The molecule has 2 aliphatic rings. The number of hydrogen-bond donors (Lipinski definition) is 0. The van der Waals surface area contributed by atoms with Gasteiger partial charge in [0.1, 0.15) is 5.82 Å². The molecule has 0 unspecified atom stereocenters. The Balaban J connectivity index is 1.57. The van der Waals surface area contributed by atoms with Crippen LogP contribution in [0.25, 0.3) is 0 Å². The highest BCUT2D eigenvalue weighted by Crippen LogP contribution is 2.46. The Morgan fingerprint density at radius 3 is 2.61 bits per heavy atom. The van der Waals surface area contributed by atoms with Crippen molar-refractivity contribution in [3.8, 4) is 0 Å². The van der Waals surface area contributed by atoms with E-state index in [1.54, 1.807) is 0 Å². The van der Waals surface area contributed by atoms with Crippen molar-refractivity contribution in [3.05, 3.63) is 5.82 Å². The number of alkyl halides is 1. The van der Waals surface area contributed by atoms with E-state index >= 15 is 0 Å². The van der Waals surface area contributed by atoms with Crippen LogP contribution < -0.4 is 0 Å². The van der Waals surface area contributed by atoms with Gasteiger partial charge in [-0.15, -0.1) is 21.8 Å². The maximum absolute atomic E-state index is 5.68. The summed E-state index contributed by atoms with van der Waals surface area (Å²) in [7, 11) is 0. The van der Waals surface area contributed by atoms with Gasteiger partial charge in [0.05, 0.1) is 0 Å². The molecule has 100 valence electrons. The zero-order chi connectivity index (χ0) is 12.4. The molecule has 0 atom stereocenters. The van der Waals surface area contributed by atoms with Crippen molar-refractivity contribution in [2.75, 3.05) is 11.6 Å². The lowest BCUT2D eigenvalue weighted by molar-refractivity contribution is 0.626. The molecule has 0 saturated heterocycles. The highest BCUT2D eigenvalue weighted by Gasteiger charge is 2.36. The molecule has 1 aromatic rings. The molecule has 2 saturated carbocycles. The van der Waals surface area contributed by atoms with E-state index in [4.69, 9.17) is 11.6 Å². The third kappa shape index (κ3) is 3.02. The Bertz CT molecular complexity index is 399. The zero-order valence-corrected chi connectivity index (χ0v) is 12.2. The second-order valence-corrected chi connectivity index (χ2v) is 6.75. The van der Waals surface area contributed by atoms with E-state index in [-0.39, 0.29) is 0 Å². The summed E-state index contributed by atoms with van der Waals surface area (Å²) in [6, 6.07) is 0.709. The van der Waals surface area contributed by atoms with E-state index < -0.39 is 0 Å². The van der Waals surface area contributed by atoms with Crippen LogP contribution in [0.15, 0.2) is 5.16 Å². The molecule has 0 amide bonds. The monoisotopic (exact) mass is 285 g/mol. The number of rotatable bonds is 8. The molecule has 2 fully saturated rings. The minimum Gasteiger partial charge on any atom is -0.303 e. The summed E-state index contributed by atoms with van der Waals surface area (Å²) in [5.74, 6) is 3.91. The van der Waals surface area contributed by atoms with Crippen LogP contribution in [0.2, 0.25) is 0 Å². The summed E-state index contributed by atoms with van der Waals surface area (Å²) >= 11 is 7.56. The second kappa shape index (κ2) is 5.83. The smallest absolute Gasteiger partial charge is 0.191 e. The summed E-state index contributed by atoms with van der Waals surface area (Å²) in [5.41, 5.74) is 0. The predicted molar refractivity (Wildman–Crippen MR) is 75.6 cm³/mol. The lowest BCUT2D eigenvalue weighted by Crippen LogP contribution is -2.02. The van der Waals surface area contributed by atoms with Gasteiger partial charge in [0.15, 0.2) is 5.16 Å². The maximum atomic E-state index is 5.68. The molecule has 0 N–H and O–H groups in total. The first-order valence-corrected chi connectivity index (χ1v) is 8.55. The number of nitrogens with zero attached hydrogens (tertiary/aromatic N) is 3. The van der Waals surface area contributed by atoms with Crippen LogP contribution >= 0.6 is 23.4 Å². The van der Waals surface area contributed by atoms with Gasteiger partial charge in [-0.05, 0) is 38.5 Å². The van der Waals surface area contributed by atoms with Crippen LogP contribution in [0, 0.1) is 0 Å². The van der Waals surface area contributed by atoms with Crippen LogP contribution in [0.1, 0.15) is 62.7 Å². The van der Waals surface area contributed by atoms with Crippen LogP contribution in [-0.4, -0.2) is 26.4 Å². The van der Waals surface area contributed by atoms with Crippen molar-refractivity contribution in [1.29, 1.82) is 0 Å². The summed E-state index contributed by atoms with van der Waals surface area (Å²) in [6.07, 6.45) is 8.84. The SMILES string of the molecule is ClCCCCCSc1nnc(C2CC2)n1C1CC1.